The number of carbonyl (C=O) groups excluding carboxylic acids is 3. The highest BCUT2D eigenvalue weighted by Crippen LogP contribution is 2.30. The van der Waals surface area contributed by atoms with E-state index in [9.17, 15) is 27.6 Å². The summed E-state index contributed by atoms with van der Waals surface area (Å²) in [6.45, 7) is 4.39. The van der Waals surface area contributed by atoms with E-state index in [-0.39, 0.29) is 22.4 Å². The van der Waals surface area contributed by atoms with E-state index in [0.29, 0.717) is 24.7 Å². The van der Waals surface area contributed by atoms with Crippen LogP contribution in [0.15, 0.2) is 66.7 Å². The number of halogens is 3. The van der Waals surface area contributed by atoms with E-state index in [0.717, 1.165) is 18.2 Å². The molecule has 0 bridgehead atoms. The van der Waals surface area contributed by atoms with E-state index < -0.39 is 29.5 Å². The third kappa shape index (κ3) is 7.23. The van der Waals surface area contributed by atoms with Gasteiger partial charge in [0, 0.05) is 22.4 Å². The van der Waals surface area contributed by atoms with Crippen LogP contribution in [0.3, 0.4) is 0 Å². The minimum absolute atomic E-state index is 0.0869. The number of hydrazine groups is 1. The van der Waals surface area contributed by atoms with Gasteiger partial charge in [0.1, 0.15) is 0 Å². The van der Waals surface area contributed by atoms with Crippen molar-refractivity contribution in [1.29, 1.82) is 0 Å². The van der Waals surface area contributed by atoms with Crippen LogP contribution in [0.2, 0.25) is 0 Å². The smallest absolute Gasteiger partial charge is 0.416 e. The number of hydrogen-bond acceptors (Lipinski definition) is 5. The van der Waals surface area contributed by atoms with Crippen molar-refractivity contribution in [3.8, 4) is 11.5 Å². The molecule has 0 unspecified atom stereocenters. The van der Waals surface area contributed by atoms with Crippen molar-refractivity contribution < 1.29 is 37.0 Å². The Morgan fingerprint density at radius 1 is 0.703 bits per heavy atom. The van der Waals surface area contributed by atoms with Gasteiger partial charge in [0.2, 0.25) is 0 Å². The Labute approximate surface area is 210 Å². The Balaban J connectivity index is 1.65. The van der Waals surface area contributed by atoms with Crippen molar-refractivity contribution in [1.82, 2.24) is 10.9 Å². The first-order valence-electron chi connectivity index (χ1n) is 11.2. The maximum absolute atomic E-state index is 12.9. The Bertz CT molecular complexity index is 1290. The van der Waals surface area contributed by atoms with Gasteiger partial charge in [0.25, 0.3) is 17.7 Å². The second kappa shape index (κ2) is 11.9. The molecule has 0 saturated carbocycles. The zero-order valence-corrected chi connectivity index (χ0v) is 19.9. The van der Waals surface area contributed by atoms with Gasteiger partial charge in [-0.3, -0.25) is 25.2 Å². The number of carbonyl (C=O) groups is 3. The zero-order chi connectivity index (χ0) is 27.0. The van der Waals surface area contributed by atoms with Crippen LogP contribution in [0.5, 0.6) is 11.5 Å². The minimum atomic E-state index is -4.59. The van der Waals surface area contributed by atoms with Crippen LogP contribution in [0.25, 0.3) is 0 Å². The Hall–Kier alpha value is -4.54. The topological polar surface area (TPSA) is 106 Å². The van der Waals surface area contributed by atoms with Crippen molar-refractivity contribution >= 4 is 23.4 Å². The molecule has 194 valence electrons. The average molecular weight is 515 g/mol. The lowest BCUT2D eigenvalue weighted by Crippen LogP contribution is -2.41. The minimum Gasteiger partial charge on any atom is -0.490 e. The van der Waals surface area contributed by atoms with Crippen LogP contribution in [0.4, 0.5) is 18.9 Å². The van der Waals surface area contributed by atoms with Gasteiger partial charge in [-0.25, -0.2) is 0 Å². The fourth-order valence-corrected chi connectivity index (χ4v) is 3.23. The maximum Gasteiger partial charge on any atom is 0.416 e. The number of benzene rings is 3. The maximum atomic E-state index is 12.9. The summed E-state index contributed by atoms with van der Waals surface area (Å²) in [7, 11) is 0. The molecule has 3 aromatic rings. The molecule has 3 amide bonds. The molecular weight excluding hydrogens is 491 g/mol. The van der Waals surface area contributed by atoms with Crippen LogP contribution >= 0.6 is 0 Å². The lowest BCUT2D eigenvalue weighted by molar-refractivity contribution is -0.137. The monoisotopic (exact) mass is 515 g/mol. The zero-order valence-electron chi connectivity index (χ0n) is 19.9. The van der Waals surface area contributed by atoms with Crippen LogP contribution in [-0.4, -0.2) is 30.9 Å². The molecule has 0 aliphatic carbocycles. The SMILES string of the molecule is CCOc1ccc(C(=O)NNC(=O)c2cccc(NC(=O)c3cccc(C(F)(F)F)c3)c2)cc1OCC. The van der Waals surface area contributed by atoms with Gasteiger partial charge in [-0.05, 0) is 68.4 Å². The predicted octanol–water partition coefficient (Wildman–Crippen LogP) is 4.83. The molecule has 0 spiro atoms. The molecule has 37 heavy (non-hydrogen) atoms. The molecule has 3 N–H and O–H groups in total. The first-order chi connectivity index (χ1) is 17.6. The summed E-state index contributed by atoms with van der Waals surface area (Å²) < 4.78 is 49.7. The normalized spacial score (nSPS) is 10.8. The molecule has 0 saturated heterocycles. The van der Waals surface area contributed by atoms with Crippen molar-refractivity contribution in [2.45, 2.75) is 20.0 Å². The van der Waals surface area contributed by atoms with E-state index in [1.165, 1.54) is 42.5 Å². The van der Waals surface area contributed by atoms with Gasteiger partial charge < -0.3 is 14.8 Å². The van der Waals surface area contributed by atoms with Crippen LogP contribution in [0.1, 0.15) is 50.5 Å². The second-order valence-corrected chi connectivity index (χ2v) is 7.55. The highest BCUT2D eigenvalue weighted by atomic mass is 19.4. The fourth-order valence-electron chi connectivity index (χ4n) is 3.23. The van der Waals surface area contributed by atoms with E-state index in [2.05, 4.69) is 16.2 Å². The quantitative estimate of drug-likeness (QED) is 0.373. The molecule has 0 radical (unpaired) electrons. The summed E-state index contributed by atoms with van der Waals surface area (Å²) in [6.07, 6.45) is -4.59. The number of amides is 3. The summed E-state index contributed by atoms with van der Waals surface area (Å²) in [6, 6.07) is 14.2. The van der Waals surface area contributed by atoms with Gasteiger partial charge in [-0.15, -0.1) is 0 Å². The lowest BCUT2D eigenvalue weighted by Gasteiger charge is -2.13. The van der Waals surface area contributed by atoms with Gasteiger partial charge in [0.05, 0.1) is 18.8 Å². The molecule has 3 rings (SSSR count). The summed E-state index contributed by atoms with van der Waals surface area (Å²) in [5, 5.41) is 2.46. The predicted molar refractivity (Wildman–Crippen MR) is 130 cm³/mol. The van der Waals surface area contributed by atoms with Crippen molar-refractivity contribution in [3.63, 3.8) is 0 Å². The number of ether oxygens (including phenoxy) is 2. The molecule has 3 aromatic carbocycles. The van der Waals surface area contributed by atoms with Crippen LogP contribution in [-0.2, 0) is 6.18 Å². The van der Waals surface area contributed by atoms with Crippen molar-refractivity contribution in [2.24, 2.45) is 0 Å². The molecule has 11 heteroatoms. The van der Waals surface area contributed by atoms with Gasteiger partial charge >= 0.3 is 6.18 Å². The highest BCUT2D eigenvalue weighted by Gasteiger charge is 2.30. The van der Waals surface area contributed by atoms with E-state index >= 15 is 0 Å². The Kier molecular flexibility index (Phi) is 8.72. The number of hydrogen-bond donors (Lipinski definition) is 3. The molecule has 0 atom stereocenters. The summed E-state index contributed by atoms with van der Waals surface area (Å²) in [4.78, 5) is 37.5. The standard InChI is InChI=1S/C26H24F3N3O5/c1-3-36-21-12-11-18(15-22(21)37-4-2)25(35)32-31-24(34)17-8-6-10-20(14-17)30-23(33)16-7-5-9-19(13-16)26(27,28)29/h5-15H,3-4H2,1-2H3,(H,30,33)(H,31,34)(H,32,35). The van der Waals surface area contributed by atoms with Gasteiger partial charge in [-0.2, -0.15) is 13.2 Å². The van der Waals surface area contributed by atoms with Crippen LogP contribution in [0, 0.1) is 0 Å². The fraction of sp³-hybridized carbons (Fsp3) is 0.192. The lowest BCUT2D eigenvalue weighted by atomic mass is 10.1. The Morgan fingerprint density at radius 3 is 1.89 bits per heavy atom. The number of alkyl halides is 3. The third-order valence-electron chi connectivity index (χ3n) is 4.93. The first-order valence-corrected chi connectivity index (χ1v) is 11.2. The number of nitrogens with one attached hydrogen (secondary N) is 3. The van der Waals surface area contributed by atoms with Crippen molar-refractivity contribution in [3.05, 3.63) is 89.0 Å². The van der Waals surface area contributed by atoms with Gasteiger partial charge in [-0.1, -0.05) is 12.1 Å². The van der Waals surface area contributed by atoms with E-state index in [1.807, 2.05) is 6.92 Å². The summed E-state index contributed by atoms with van der Waals surface area (Å²) in [5.74, 6) is -1.20. The van der Waals surface area contributed by atoms with Crippen molar-refractivity contribution in [2.75, 3.05) is 18.5 Å². The second-order valence-electron chi connectivity index (χ2n) is 7.55. The molecule has 0 fully saturated rings. The summed E-state index contributed by atoms with van der Waals surface area (Å²) in [5.41, 5.74) is 3.90. The third-order valence-corrected chi connectivity index (χ3v) is 4.93. The molecule has 0 heterocycles. The molecule has 0 aliphatic rings. The first kappa shape index (κ1) is 27.1. The number of rotatable bonds is 8. The van der Waals surface area contributed by atoms with E-state index in [4.69, 9.17) is 9.47 Å². The van der Waals surface area contributed by atoms with Gasteiger partial charge in [0.15, 0.2) is 11.5 Å². The molecule has 0 aromatic heterocycles. The number of anilines is 1. The molecule has 8 nitrogen and oxygen atoms in total. The highest BCUT2D eigenvalue weighted by molar-refractivity contribution is 6.05. The average Bonchev–Trinajstić information content (AvgIpc) is 2.88. The van der Waals surface area contributed by atoms with Crippen LogP contribution < -0.4 is 25.6 Å². The molecular formula is C26H24F3N3O5. The Morgan fingerprint density at radius 2 is 1.27 bits per heavy atom. The summed E-state index contributed by atoms with van der Waals surface area (Å²) >= 11 is 0. The molecule has 0 aliphatic heterocycles. The largest absolute Gasteiger partial charge is 0.490 e. The van der Waals surface area contributed by atoms with E-state index in [1.54, 1.807) is 13.0 Å².